The van der Waals surface area contributed by atoms with Crippen LogP contribution in [0.4, 0.5) is 0 Å². The summed E-state index contributed by atoms with van der Waals surface area (Å²) in [5, 5.41) is 20.5. The van der Waals surface area contributed by atoms with E-state index in [2.05, 4.69) is 23.8 Å². The highest BCUT2D eigenvalue weighted by Crippen LogP contribution is 2.35. The van der Waals surface area contributed by atoms with Crippen molar-refractivity contribution < 1.29 is 38.5 Å². The van der Waals surface area contributed by atoms with Gasteiger partial charge in [0.2, 0.25) is 0 Å². The maximum absolute atomic E-state index is 14.0. The van der Waals surface area contributed by atoms with Gasteiger partial charge in [-0.2, -0.15) is 0 Å². The Hall–Kier alpha value is -5.16. The van der Waals surface area contributed by atoms with E-state index >= 15 is 0 Å². The first-order chi connectivity index (χ1) is 24.2. The molecule has 2 aromatic carbocycles. The molecule has 0 radical (unpaired) electrons. The second-order valence-electron chi connectivity index (χ2n) is 12.2. The van der Waals surface area contributed by atoms with Crippen molar-refractivity contribution in [2.24, 2.45) is 5.92 Å². The summed E-state index contributed by atoms with van der Waals surface area (Å²) >= 11 is 0. The molecule has 0 spiro atoms. The molecule has 3 N–H and O–H groups in total. The van der Waals surface area contributed by atoms with Gasteiger partial charge in [0.25, 0.3) is 5.91 Å². The van der Waals surface area contributed by atoms with Crippen molar-refractivity contribution in [1.29, 1.82) is 5.41 Å². The number of unbranched alkanes of at least 4 members (excludes halogenated alkanes) is 3. The van der Waals surface area contributed by atoms with Crippen LogP contribution in [0.5, 0.6) is 5.75 Å². The normalized spacial score (nSPS) is 12.1. The van der Waals surface area contributed by atoms with Crippen LogP contribution in [0.3, 0.4) is 0 Å². The van der Waals surface area contributed by atoms with E-state index in [1.807, 2.05) is 0 Å². The van der Waals surface area contributed by atoms with Gasteiger partial charge in [-0.15, -0.1) is 0 Å². The third-order valence-corrected chi connectivity index (χ3v) is 8.32. The number of methoxy groups -OCH3 is 1. The lowest BCUT2D eigenvalue weighted by molar-refractivity contribution is -0.142. The van der Waals surface area contributed by atoms with Gasteiger partial charge in [0.15, 0.2) is 11.5 Å². The number of ether oxygens (including phenoxy) is 3. The molecule has 1 heterocycles. The van der Waals surface area contributed by atoms with Crippen molar-refractivity contribution in [3.05, 3.63) is 88.8 Å². The number of Topliss-reactive ketones (excluding diaryl/α,β-unsaturated/α-hetero) is 1. The topological polar surface area (TPSA) is 165 Å². The monoisotopic (exact) mass is 683 g/mol. The minimum atomic E-state index is -0.866. The van der Waals surface area contributed by atoms with Gasteiger partial charge >= 0.3 is 11.9 Å². The number of aromatic nitrogens is 1. The highest BCUT2D eigenvalue weighted by molar-refractivity contribution is 6.09. The highest BCUT2D eigenvalue weighted by Gasteiger charge is 2.26. The fourth-order valence-corrected chi connectivity index (χ4v) is 5.32. The molecular formula is C39H45N3O8. The number of hydrogen-bond acceptors (Lipinski definition) is 10. The summed E-state index contributed by atoms with van der Waals surface area (Å²) in [4.78, 5) is 56.7. The second kappa shape index (κ2) is 18.6. The maximum atomic E-state index is 14.0. The molecule has 1 aliphatic carbocycles. The van der Waals surface area contributed by atoms with E-state index in [0.29, 0.717) is 47.1 Å². The molecule has 0 aliphatic heterocycles. The van der Waals surface area contributed by atoms with Gasteiger partial charge in [-0.25, -0.2) is 9.78 Å². The largest absolute Gasteiger partial charge is 0.496 e. The van der Waals surface area contributed by atoms with E-state index in [-0.39, 0.29) is 53.5 Å². The number of nitrogens with zero attached hydrogens (tertiary/aromatic N) is 1. The van der Waals surface area contributed by atoms with Crippen LogP contribution in [0.1, 0.15) is 99.9 Å². The van der Waals surface area contributed by atoms with Crippen LogP contribution in [0.15, 0.2) is 55.1 Å². The number of carbonyl (C=O) groups excluding carboxylic acids is 4. The zero-order valence-corrected chi connectivity index (χ0v) is 28.7. The van der Waals surface area contributed by atoms with Gasteiger partial charge in [0.1, 0.15) is 18.1 Å². The first kappa shape index (κ1) is 37.7. The molecule has 11 heteroatoms. The quantitative estimate of drug-likeness (QED) is 0.0561. The number of pyridine rings is 1. The van der Waals surface area contributed by atoms with Crippen LogP contribution in [-0.4, -0.2) is 72.9 Å². The molecule has 264 valence electrons. The molecular weight excluding hydrogens is 638 g/mol. The van der Waals surface area contributed by atoms with E-state index in [4.69, 9.17) is 19.6 Å². The minimum absolute atomic E-state index is 0.0128. The van der Waals surface area contributed by atoms with Gasteiger partial charge in [0, 0.05) is 35.4 Å². The molecule has 0 bridgehead atoms. The Bertz CT molecular complexity index is 1710. The minimum Gasteiger partial charge on any atom is -0.496 e. The van der Waals surface area contributed by atoms with Gasteiger partial charge in [-0.3, -0.25) is 14.4 Å². The van der Waals surface area contributed by atoms with Crippen LogP contribution < -0.4 is 10.1 Å². The van der Waals surface area contributed by atoms with Gasteiger partial charge in [-0.1, -0.05) is 63.1 Å². The molecule has 11 nitrogen and oxygen atoms in total. The van der Waals surface area contributed by atoms with E-state index in [1.54, 1.807) is 48.5 Å². The number of aliphatic hydroxyl groups excluding tert-OH is 1. The summed E-state index contributed by atoms with van der Waals surface area (Å²) in [6.45, 7) is 6.12. The molecule has 0 saturated heterocycles. The third kappa shape index (κ3) is 10.4. The van der Waals surface area contributed by atoms with Crippen molar-refractivity contribution in [3.63, 3.8) is 0 Å². The first-order valence-corrected chi connectivity index (χ1v) is 17.0. The number of rotatable bonds is 20. The number of amides is 1. The van der Waals surface area contributed by atoms with Crippen LogP contribution in [-0.2, 0) is 20.7 Å². The van der Waals surface area contributed by atoms with Crippen LogP contribution >= 0.6 is 0 Å². The fraction of sp³-hybridized carbons (Fsp3) is 0.385. The Morgan fingerprint density at radius 2 is 1.76 bits per heavy atom. The van der Waals surface area contributed by atoms with Crippen molar-refractivity contribution in [1.82, 2.24) is 10.3 Å². The summed E-state index contributed by atoms with van der Waals surface area (Å²) in [6.07, 6.45) is 7.45. The van der Waals surface area contributed by atoms with Crippen molar-refractivity contribution in [2.45, 2.75) is 58.3 Å². The predicted octanol–water partition coefficient (Wildman–Crippen LogP) is 6.00. The van der Waals surface area contributed by atoms with E-state index in [9.17, 15) is 24.3 Å². The summed E-state index contributed by atoms with van der Waals surface area (Å²) in [5.74, 6) is -1.21. The molecule has 1 aliphatic rings. The number of ketones is 1. The zero-order chi connectivity index (χ0) is 36.0. The molecule has 0 atom stereocenters. The standard InChI is InChI=1S/C39H45N3O8/c1-4-6-7-8-18-49-36(45)23-32(40)28-13-11-25(12-14-28)20-34(44)31-21-27(5-2)35(48-3)22-30(31)29-15-16-33(38(46)41-24-26-9-10-26)42-37(29)39(47)50-19-17-43/h5,11-16,21-22,26,40,43H,2,4,6-10,17-20,23-24H2,1,3H3,(H,41,46). The fourth-order valence-electron chi connectivity index (χ4n) is 5.32. The molecule has 50 heavy (non-hydrogen) atoms. The summed E-state index contributed by atoms with van der Waals surface area (Å²) < 4.78 is 16.0. The Labute approximate surface area is 292 Å². The number of esters is 2. The molecule has 3 aromatic rings. The highest BCUT2D eigenvalue weighted by atomic mass is 16.5. The van der Waals surface area contributed by atoms with Crippen molar-refractivity contribution in [2.75, 3.05) is 33.5 Å². The third-order valence-electron chi connectivity index (χ3n) is 8.32. The lowest BCUT2D eigenvalue weighted by Crippen LogP contribution is -2.27. The van der Waals surface area contributed by atoms with E-state index < -0.39 is 24.5 Å². The molecule has 1 saturated carbocycles. The number of nitrogens with one attached hydrogen (secondary N) is 2. The molecule has 1 aromatic heterocycles. The smallest absolute Gasteiger partial charge is 0.357 e. The average molecular weight is 684 g/mol. The summed E-state index contributed by atoms with van der Waals surface area (Å²) in [5.41, 5.74) is 2.52. The van der Waals surface area contributed by atoms with E-state index in [0.717, 1.165) is 38.5 Å². The Kier molecular flexibility index (Phi) is 14.0. The lowest BCUT2D eigenvalue weighted by Gasteiger charge is -2.17. The van der Waals surface area contributed by atoms with Gasteiger partial charge in [0.05, 0.1) is 26.7 Å². The Balaban J connectivity index is 1.59. The first-order valence-electron chi connectivity index (χ1n) is 17.0. The summed E-state index contributed by atoms with van der Waals surface area (Å²) in [7, 11) is 1.47. The zero-order valence-electron chi connectivity index (χ0n) is 28.7. The Morgan fingerprint density at radius 3 is 2.42 bits per heavy atom. The van der Waals surface area contributed by atoms with Gasteiger partial charge < -0.3 is 30.0 Å². The molecule has 1 amide bonds. The summed E-state index contributed by atoms with van der Waals surface area (Å²) in [6, 6.07) is 13.1. The number of benzene rings is 2. The molecule has 0 unspecified atom stereocenters. The molecule has 1 fully saturated rings. The van der Waals surface area contributed by atoms with Crippen molar-refractivity contribution in [3.8, 4) is 16.9 Å². The molecule has 4 rings (SSSR count). The van der Waals surface area contributed by atoms with Gasteiger partial charge in [-0.05, 0) is 66.1 Å². The average Bonchev–Trinajstić information content (AvgIpc) is 3.97. The van der Waals surface area contributed by atoms with Crippen molar-refractivity contribution >= 4 is 35.4 Å². The maximum Gasteiger partial charge on any atom is 0.357 e. The number of carbonyl (C=O) groups is 4. The van der Waals surface area contributed by atoms with Crippen LogP contribution in [0.2, 0.25) is 0 Å². The predicted molar refractivity (Wildman–Crippen MR) is 190 cm³/mol. The van der Waals surface area contributed by atoms with E-state index in [1.165, 1.54) is 13.2 Å². The van der Waals surface area contributed by atoms with Crippen LogP contribution in [0, 0.1) is 11.3 Å². The van der Waals surface area contributed by atoms with Crippen LogP contribution in [0.25, 0.3) is 17.2 Å². The second-order valence-corrected chi connectivity index (χ2v) is 12.2. The Morgan fingerprint density at radius 1 is 1.00 bits per heavy atom. The lowest BCUT2D eigenvalue weighted by atomic mass is 9.90. The SMILES string of the molecule is C=Cc1cc(C(=O)Cc2ccc(C(=N)CC(=O)OCCCCCC)cc2)c(-c2ccc(C(=O)NCC3CC3)nc2C(=O)OCCO)cc1OC. The number of hydrogen-bond donors (Lipinski definition) is 3. The number of aliphatic hydroxyl groups is 1.